The van der Waals surface area contributed by atoms with Crippen LogP contribution in [-0.2, 0) is 9.53 Å². The molecular formula is C21H26O2. The Labute approximate surface area is 138 Å². The van der Waals surface area contributed by atoms with Crippen molar-refractivity contribution < 1.29 is 9.53 Å². The molecule has 0 aromatic heterocycles. The zero-order chi connectivity index (χ0) is 15.7. The van der Waals surface area contributed by atoms with Gasteiger partial charge in [0.15, 0.2) is 5.78 Å². The number of ketones is 1. The standard InChI is InChI=1S/C21H26O2/c1-20-10-7-17-16-6-4-15(22)13-14(16)3-5-18(17)19(20)8-11-21(20)9-2-12-23-21/h2,12-13,18-19H,3-11H2,1H3/t18-,19+,20+,21?/m1/s1. The first-order valence-corrected chi connectivity index (χ1v) is 9.41. The number of carbonyl (C=O) groups is 1. The molecule has 23 heavy (non-hydrogen) atoms. The van der Waals surface area contributed by atoms with E-state index in [0.717, 1.165) is 37.5 Å². The van der Waals surface area contributed by atoms with Crippen LogP contribution in [0.5, 0.6) is 0 Å². The molecule has 1 heterocycles. The van der Waals surface area contributed by atoms with Crippen LogP contribution in [0.25, 0.3) is 0 Å². The van der Waals surface area contributed by atoms with Crippen LogP contribution >= 0.6 is 0 Å². The molecule has 0 bridgehead atoms. The predicted octanol–water partition coefficient (Wildman–Crippen LogP) is 4.87. The summed E-state index contributed by atoms with van der Waals surface area (Å²) in [7, 11) is 0. The van der Waals surface area contributed by atoms with Crippen LogP contribution in [0, 0.1) is 17.3 Å². The van der Waals surface area contributed by atoms with Crippen LogP contribution < -0.4 is 0 Å². The number of carbonyl (C=O) groups excluding carboxylic acids is 1. The van der Waals surface area contributed by atoms with E-state index in [1.807, 2.05) is 12.3 Å². The number of hydrogen-bond donors (Lipinski definition) is 0. The van der Waals surface area contributed by atoms with E-state index in [-0.39, 0.29) is 5.60 Å². The first kappa shape index (κ1) is 14.1. The van der Waals surface area contributed by atoms with Crippen molar-refractivity contribution in [3.8, 4) is 0 Å². The van der Waals surface area contributed by atoms with Gasteiger partial charge in [0, 0.05) is 18.3 Å². The zero-order valence-electron chi connectivity index (χ0n) is 14.1. The van der Waals surface area contributed by atoms with Crippen molar-refractivity contribution in [2.75, 3.05) is 0 Å². The lowest BCUT2D eigenvalue weighted by atomic mass is 9.54. The first-order valence-electron chi connectivity index (χ1n) is 9.41. The fourth-order valence-electron chi connectivity index (χ4n) is 6.62. The van der Waals surface area contributed by atoms with Gasteiger partial charge >= 0.3 is 0 Å². The summed E-state index contributed by atoms with van der Waals surface area (Å²) in [5.74, 6) is 1.87. The summed E-state index contributed by atoms with van der Waals surface area (Å²) in [5, 5.41) is 0. The molecule has 0 aromatic rings. The van der Waals surface area contributed by atoms with Crippen molar-refractivity contribution in [2.24, 2.45) is 17.3 Å². The first-order chi connectivity index (χ1) is 11.1. The third-order valence-corrected chi connectivity index (χ3v) is 7.86. The molecule has 0 radical (unpaired) electrons. The predicted molar refractivity (Wildman–Crippen MR) is 89.7 cm³/mol. The molecule has 0 saturated heterocycles. The quantitative estimate of drug-likeness (QED) is 0.638. The van der Waals surface area contributed by atoms with Crippen molar-refractivity contribution in [3.63, 3.8) is 0 Å². The average Bonchev–Trinajstić information content (AvgIpc) is 3.14. The Balaban J connectivity index is 1.54. The minimum Gasteiger partial charge on any atom is -0.494 e. The summed E-state index contributed by atoms with van der Waals surface area (Å²) < 4.78 is 6.22. The number of allylic oxidation sites excluding steroid dienone is 4. The van der Waals surface area contributed by atoms with Crippen LogP contribution in [0.3, 0.4) is 0 Å². The van der Waals surface area contributed by atoms with E-state index < -0.39 is 0 Å². The van der Waals surface area contributed by atoms with Crippen molar-refractivity contribution in [2.45, 2.75) is 70.3 Å². The third kappa shape index (κ3) is 1.73. The van der Waals surface area contributed by atoms with Gasteiger partial charge in [-0.15, -0.1) is 0 Å². The topological polar surface area (TPSA) is 26.3 Å². The number of hydrogen-bond acceptors (Lipinski definition) is 2. The molecule has 0 aromatic carbocycles. The van der Waals surface area contributed by atoms with Crippen LogP contribution in [-0.4, -0.2) is 11.4 Å². The lowest BCUT2D eigenvalue weighted by molar-refractivity contribution is -0.114. The second-order valence-corrected chi connectivity index (χ2v) is 8.54. The van der Waals surface area contributed by atoms with Crippen LogP contribution in [0.1, 0.15) is 64.7 Å². The van der Waals surface area contributed by atoms with Crippen LogP contribution in [0.2, 0.25) is 0 Å². The van der Waals surface area contributed by atoms with E-state index in [2.05, 4.69) is 13.0 Å². The highest BCUT2D eigenvalue weighted by atomic mass is 16.5. The maximum Gasteiger partial charge on any atom is 0.156 e. The van der Waals surface area contributed by atoms with E-state index in [4.69, 9.17) is 4.74 Å². The maximum absolute atomic E-state index is 11.8. The molecule has 1 aliphatic heterocycles. The van der Waals surface area contributed by atoms with Crippen molar-refractivity contribution >= 4 is 5.78 Å². The summed E-state index contributed by atoms with van der Waals surface area (Å²) in [6.07, 6.45) is 16.4. The van der Waals surface area contributed by atoms with Gasteiger partial charge in [0.2, 0.25) is 0 Å². The van der Waals surface area contributed by atoms with E-state index in [0.29, 0.717) is 11.2 Å². The molecule has 5 rings (SSSR count). The molecule has 2 heteroatoms. The van der Waals surface area contributed by atoms with Gasteiger partial charge in [0.05, 0.1) is 6.26 Å². The molecule has 2 fully saturated rings. The molecule has 4 aliphatic carbocycles. The van der Waals surface area contributed by atoms with Crippen molar-refractivity contribution in [3.05, 3.63) is 35.1 Å². The number of fused-ring (bicyclic) bond motifs is 5. The average molecular weight is 310 g/mol. The van der Waals surface area contributed by atoms with Gasteiger partial charge in [-0.05, 0) is 80.1 Å². The SMILES string of the molecule is C[C@]12CCC3=C4CCC(=O)C=C4CC[C@H]3[C@@H]1CCC21CC=CO1. The van der Waals surface area contributed by atoms with Gasteiger partial charge in [0.25, 0.3) is 0 Å². The Morgan fingerprint density at radius 1 is 1.13 bits per heavy atom. The lowest BCUT2D eigenvalue weighted by Gasteiger charge is -2.52. The summed E-state index contributed by atoms with van der Waals surface area (Å²) in [4.78, 5) is 11.8. The lowest BCUT2D eigenvalue weighted by Crippen LogP contribution is -2.49. The second kappa shape index (κ2) is 4.62. The Hall–Kier alpha value is -1.31. The molecule has 2 saturated carbocycles. The van der Waals surface area contributed by atoms with Gasteiger partial charge in [0.1, 0.15) is 5.60 Å². The highest BCUT2D eigenvalue weighted by Crippen LogP contribution is 2.66. The highest BCUT2D eigenvalue weighted by Gasteiger charge is 2.62. The Morgan fingerprint density at radius 3 is 2.87 bits per heavy atom. The molecule has 1 spiro atoms. The summed E-state index contributed by atoms with van der Waals surface area (Å²) in [5.41, 5.74) is 5.10. The Kier molecular flexibility index (Phi) is 2.82. The number of ether oxygens (including phenoxy) is 1. The van der Waals surface area contributed by atoms with Crippen LogP contribution in [0.15, 0.2) is 35.1 Å². The smallest absolute Gasteiger partial charge is 0.156 e. The largest absolute Gasteiger partial charge is 0.494 e. The molecule has 122 valence electrons. The molecule has 4 atom stereocenters. The van der Waals surface area contributed by atoms with E-state index in [9.17, 15) is 4.79 Å². The monoisotopic (exact) mass is 310 g/mol. The van der Waals surface area contributed by atoms with E-state index >= 15 is 0 Å². The van der Waals surface area contributed by atoms with Crippen LogP contribution in [0.4, 0.5) is 0 Å². The Bertz CT molecular complexity index is 657. The third-order valence-electron chi connectivity index (χ3n) is 7.86. The van der Waals surface area contributed by atoms with Crippen molar-refractivity contribution in [1.29, 1.82) is 0 Å². The summed E-state index contributed by atoms with van der Waals surface area (Å²) in [6.45, 7) is 2.51. The minimum absolute atomic E-state index is 0.0898. The normalized spacial score (nSPS) is 44.7. The van der Waals surface area contributed by atoms with Gasteiger partial charge in [-0.25, -0.2) is 0 Å². The fourth-order valence-corrected chi connectivity index (χ4v) is 6.62. The van der Waals surface area contributed by atoms with E-state index in [1.54, 1.807) is 11.1 Å². The Morgan fingerprint density at radius 2 is 2.04 bits per heavy atom. The zero-order valence-corrected chi connectivity index (χ0v) is 14.1. The molecule has 5 aliphatic rings. The highest BCUT2D eigenvalue weighted by molar-refractivity contribution is 5.93. The van der Waals surface area contributed by atoms with Gasteiger partial charge in [-0.3, -0.25) is 4.79 Å². The number of rotatable bonds is 0. The molecular weight excluding hydrogens is 284 g/mol. The molecule has 1 unspecified atom stereocenters. The molecule has 0 amide bonds. The minimum atomic E-state index is 0.0898. The summed E-state index contributed by atoms with van der Waals surface area (Å²) >= 11 is 0. The van der Waals surface area contributed by atoms with Gasteiger partial charge in [-0.1, -0.05) is 12.5 Å². The van der Waals surface area contributed by atoms with Gasteiger partial charge < -0.3 is 4.74 Å². The fraction of sp³-hybridized carbons (Fsp3) is 0.667. The molecule has 0 N–H and O–H groups in total. The summed E-state index contributed by atoms with van der Waals surface area (Å²) in [6, 6.07) is 0. The van der Waals surface area contributed by atoms with E-state index in [1.165, 1.54) is 37.7 Å². The maximum atomic E-state index is 11.8. The van der Waals surface area contributed by atoms with Gasteiger partial charge in [-0.2, -0.15) is 0 Å². The van der Waals surface area contributed by atoms with Crippen molar-refractivity contribution in [1.82, 2.24) is 0 Å². The second-order valence-electron chi connectivity index (χ2n) is 8.54. The molecule has 2 nitrogen and oxygen atoms in total.